The van der Waals surface area contributed by atoms with Crippen LogP contribution in [-0.2, 0) is 0 Å². The molecule has 0 radical (unpaired) electrons. The van der Waals surface area contributed by atoms with Gasteiger partial charge in [0, 0.05) is 10.0 Å². The third kappa shape index (κ3) is 2.56. The third-order valence-electron chi connectivity index (χ3n) is 3.54. The molecule has 18 heavy (non-hydrogen) atoms. The molecule has 0 saturated heterocycles. The summed E-state index contributed by atoms with van der Waals surface area (Å²) < 4.78 is 6.66. The first kappa shape index (κ1) is 15.5. The molecule has 0 saturated carbocycles. The summed E-state index contributed by atoms with van der Waals surface area (Å²) in [5, 5.41) is 9.63. The quantitative estimate of drug-likeness (QED) is 0.927. The van der Waals surface area contributed by atoms with Gasteiger partial charge in [0.05, 0.1) is 19.8 Å². The first-order valence-corrected chi connectivity index (χ1v) is 6.76. The molecule has 0 heterocycles. The number of hydrogen-bond acceptors (Lipinski definition) is 3. The van der Waals surface area contributed by atoms with Crippen LogP contribution in [0.25, 0.3) is 0 Å². The molecular formula is C14H22BrNO2. The van der Waals surface area contributed by atoms with Gasteiger partial charge < -0.3 is 14.7 Å². The van der Waals surface area contributed by atoms with E-state index in [1.165, 1.54) is 5.56 Å². The van der Waals surface area contributed by atoms with Crippen molar-refractivity contribution in [3.05, 3.63) is 26.7 Å². The number of benzene rings is 1. The normalized spacial score (nSPS) is 12.9. The fourth-order valence-corrected chi connectivity index (χ4v) is 2.79. The molecule has 4 heteroatoms. The summed E-state index contributed by atoms with van der Waals surface area (Å²) in [5.41, 5.74) is 4.48. The maximum absolute atomic E-state index is 9.63. The van der Waals surface area contributed by atoms with Gasteiger partial charge in [-0.15, -0.1) is 0 Å². The van der Waals surface area contributed by atoms with E-state index in [1.807, 2.05) is 25.9 Å². The van der Waals surface area contributed by atoms with Crippen molar-refractivity contribution in [2.75, 3.05) is 27.8 Å². The van der Waals surface area contributed by atoms with Gasteiger partial charge in [0.25, 0.3) is 0 Å². The Bertz CT molecular complexity index is 444. The summed E-state index contributed by atoms with van der Waals surface area (Å²) in [6, 6.07) is -0.0597. The van der Waals surface area contributed by atoms with Crippen molar-refractivity contribution in [3.8, 4) is 5.75 Å². The van der Waals surface area contributed by atoms with E-state index >= 15 is 0 Å². The van der Waals surface area contributed by atoms with Crippen LogP contribution >= 0.6 is 15.9 Å². The van der Waals surface area contributed by atoms with E-state index in [0.717, 1.165) is 26.9 Å². The van der Waals surface area contributed by atoms with E-state index in [2.05, 4.69) is 29.8 Å². The van der Waals surface area contributed by atoms with Gasteiger partial charge in [-0.05, 0) is 51.6 Å². The predicted octanol–water partition coefficient (Wildman–Crippen LogP) is 2.98. The largest absolute Gasteiger partial charge is 0.496 e. The maximum atomic E-state index is 9.63. The van der Waals surface area contributed by atoms with Crippen molar-refractivity contribution in [1.29, 1.82) is 0 Å². The van der Waals surface area contributed by atoms with Gasteiger partial charge in [-0.1, -0.05) is 15.9 Å². The fraction of sp³-hybridized carbons (Fsp3) is 0.571. The molecule has 0 fully saturated rings. The SMILES string of the molecule is COc1c(C)c(C)c(Br)c(C)c1C(CO)N(C)C. The van der Waals surface area contributed by atoms with E-state index in [-0.39, 0.29) is 12.6 Å². The number of ether oxygens (including phenoxy) is 1. The van der Waals surface area contributed by atoms with Crippen LogP contribution in [0.5, 0.6) is 5.75 Å². The molecule has 1 unspecified atom stereocenters. The van der Waals surface area contributed by atoms with Crippen LogP contribution in [0.4, 0.5) is 0 Å². The van der Waals surface area contributed by atoms with Gasteiger partial charge in [0.1, 0.15) is 5.75 Å². The standard InChI is InChI=1S/C14H22BrNO2/c1-8-9(2)14(18-6)12(10(3)13(8)15)11(7-17)16(4)5/h11,17H,7H2,1-6H3. The van der Waals surface area contributed by atoms with Crippen molar-refractivity contribution >= 4 is 15.9 Å². The van der Waals surface area contributed by atoms with E-state index < -0.39 is 0 Å². The Morgan fingerprint density at radius 3 is 2.11 bits per heavy atom. The fourth-order valence-electron chi connectivity index (χ4n) is 2.28. The zero-order valence-electron chi connectivity index (χ0n) is 12.0. The second-order valence-electron chi connectivity index (χ2n) is 4.80. The van der Waals surface area contributed by atoms with E-state index in [1.54, 1.807) is 7.11 Å². The van der Waals surface area contributed by atoms with Gasteiger partial charge in [-0.3, -0.25) is 0 Å². The highest BCUT2D eigenvalue weighted by Gasteiger charge is 2.24. The first-order valence-electron chi connectivity index (χ1n) is 5.97. The van der Waals surface area contributed by atoms with Crippen LogP contribution in [0.1, 0.15) is 28.3 Å². The molecule has 0 amide bonds. The molecule has 1 aromatic rings. The Kier molecular flexibility index (Phi) is 5.20. The van der Waals surface area contributed by atoms with Crippen LogP contribution in [0.3, 0.4) is 0 Å². The lowest BCUT2D eigenvalue weighted by molar-refractivity contribution is 0.167. The zero-order chi connectivity index (χ0) is 14.0. The summed E-state index contributed by atoms with van der Waals surface area (Å²) in [5.74, 6) is 0.876. The third-order valence-corrected chi connectivity index (χ3v) is 4.73. The molecule has 1 atom stereocenters. The molecular weight excluding hydrogens is 294 g/mol. The Morgan fingerprint density at radius 1 is 1.17 bits per heavy atom. The van der Waals surface area contributed by atoms with Crippen LogP contribution in [-0.4, -0.2) is 37.8 Å². The second-order valence-corrected chi connectivity index (χ2v) is 5.59. The van der Waals surface area contributed by atoms with E-state index in [4.69, 9.17) is 4.74 Å². The van der Waals surface area contributed by atoms with Crippen molar-refractivity contribution in [2.24, 2.45) is 0 Å². The van der Waals surface area contributed by atoms with Gasteiger partial charge in [-0.25, -0.2) is 0 Å². The Morgan fingerprint density at radius 2 is 1.72 bits per heavy atom. The maximum Gasteiger partial charge on any atom is 0.127 e. The summed E-state index contributed by atoms with van der Waals surface area (Å²) >= 11 is 3.64. The van der Waals surface area contributed by atoms with Crippen LogP contribution in [0.15, 0.2) is 4.47 Å². The Hall–Kier alpha value is -0.580. The molecule has 1 aromatic carbocycles. The average molecular weight is 316 g/mol. The number of halogens is 1. The lowest BCUT2D eigenvalue weighted by atomic mass is 9.94. The van der Waals surface area contributed by atoms with Gasteiger partial charge in [-0.2, -0.15) is 0 Å². The van der Waals surface area contributed by atoms with Crippen molar-refractivity contribution in [1.82, 2.24) is 4.90 Å². The van der Waals surface area contributed by atoms with Crippen molar-refractivity contribution in [3.63, 3.8) is 0 Å². The van der Waals surface area contributed by atoms with Crippen LogP contribution in [0.2, 0.25) is 0 Å². The number of hydrogen-bond donors (Lipinski definition) is 1. The van der Waals surface area contributed by atoms with Crippen LogP contribution < -0.4 is 4.74 Å². The van der Waals surface area contributed by atoms with Crippen molar-refractivity contribution < 1.29 is 9.84 Å². The number of methoxy groups -OCH3 is 1. The lowest BCUT2D eigenvalue weighted by Crippen LogP contribution is -2.25. The van der Waals surface area contributed by atoms with E-state index in [0.29, 0.717) is 0 Å². The number of likely N-dealkylation sites (N-methyl/N-ethyl adjacent to an activating group) is 1. The molecule has 0 aliphatic heterocycles. The van der Waals surface area contributed by atoms with Gasteiger partial charge >= 0.3 is 0 Å². The summed E-state index contributed by atoms with van der Waals surface area (Å²) in [4.78, 5) is 2.01. The first-order chi connectivity index (χ1) is 8.36. The molecule has 0 aliphatic carbocycles. The predicted molar refractivity (Wildman–Crippen MR) is 78.4 cm³/mol. The molecule has 3 nitrogen and oxygen atoms in total. The second kappa shape index (κ2) is 6.04. The monoisotopic (exact) mass is 315 g/mol. The van der Waals surface area contributed by atoms with Crippen LogP contribution in [0, 0.1) is 20.8 Å². The Balaban J connectivity index is 3.60. The minimum atomic E-state index is -0.0597. The minimum absolute atomic E-state index is 0.0597. The lowest BCUT2D eigenvalue weighted by Gasteiger charge is -2.28. The summed E-state index contributed by atoms with van der Waals surface area (Å²) in [7, 11) is 5.61. The van der Waals surface area contributed by atoms with Gasteiger partial charge in [0.15, 0.2) is 0 Å². The smallest absolute Gasteiger partial charge is 0.127 e. The minimum Gasteiger partial charge on any atom is -0.496 e. The summed E-state index contributed by atoms with van der Waals surface area (Å²) in [6.45, 7) is 6.24. The highest BCUT2D eigenvalue weighted by Crippen LogP contribution is 2.40. The van der Waals surface area contributed by atoms with Crippen molar-refractivity contribution in [2.45, 2.75) is 26.8 Å². The molecule has 1 N–H and O–H groups in total. The molecule has 1 rings (SSSR count). The molecule has 0 bridgehead atoms. The number of aliphatic hydroxyl groups is 1. The zero-order valence-corrected chi connectivity index (χ0v) is 13.6. The van der Waals surface area contributed by atoms with E-state index in [9.17, 15) is 5.11 Å². The topological polar surface area (TPSA) is 32.7 Å². The molecule has 0 spiro atoms. The molecule has 0 aromatic heterocycles. The highest BCUT2D eigenvalue weighted by molar-refractivity contribution is 9.10. The number of rotatable bonds is 4. The number of nitrogens with zero attached hydrogens (tertiary/aromatic N) is 1. The number of aliphatic hydroxyl groups excluding tert-OH is 1. The molecule has 0 aliphatic rings. The van der Waals surface area contributed by atoms with Gasteiger partial charge in [0.2, 0.25) is 0 Å². The Labute approximate surface area is 118 Å². The average Bonchev–Trinajstić information content (AvgIpc) is 2.33. The molecule has 102 valence electrons. The summed E-state index contributed by atoms with van der Waals surface area (Å²) in [6.07, 6.45) is 0. The highest BCUT2D eigenvalue weighted by atomic mass is 79.9.